The number of aromatic amines is 1. The van der Waals surface area contributed by atoms with Crippen molar-refractivity contribution in [3.63, 3.8) is 0 Å². The number of hydrogen-bond donors (Lipinski definition) is 1. The maximum atomic E-state index is 13.1. The highest BCUT2D eigenvalue weighted by atomic mass is 16.5. The molecule has 1 aliphatic heterocycles. The third-order valence-electron chi connectivity index (χ3n) is 4.93. The second-order valence-corrected chi connectivity index (χ2v) is 7.00. The van der Waals surface area contributed by atoms with Crippen LogP contribution < -0.4 is 10.3 Å². The number of rotatable bonds is 6. The minimum absolute atomic E-state index is 0.0565. The average molecular weight is 371 g/mol. The standard InChI is InChI=1S/C20H29N5O2/c1-5-6-18-19(15(2)21-24-13-11-23(3)12-14-24)20(26)25(22-18)16-7-9-17(27-4)10-8-16/h7-10,22H,5-6,11-14H2,1-4H3/b21-15+. The zero-order valence-corrected chi connectivity index (χ0v) is 16.7. The minimum Gasteiger partial charge on any atom is -0.497 e. The maximum Gasteiger partial charge on any atom is 0.280 e. The van der Waals surface area contributed by atoms with E-state index in [1.165, 1.54) is 0 Å². The molecule has 0 bridgehead atoms. The van der Waals surface area contributed by atoms with Gasteiger partial charge in [-0.05, 0) is 44.7 Å². The lowest BCUT2D eigenvalue weighted by molar-refractivity contribution is 0.159. The Labute approximate surface area is 160 Å². The van der Waals surface area contributed by atoms with Crippen molar-refractivity contribution in [2.24, 2.45) is 5.10 Å². The Hall–Kier alpha value is -2.54. The normalized spacial score (nSPS) is 16.0. The van der Waals surface area contributed by atoms with Crippen molar-refractivity contribution in [1.82, 2.24) is 19.7 Å². The van der Waals surface area contributed by atoms with Gasteiger partial charge in [0.15, 0.2) is 0 Å². The molecule has 1 aromatic carbocycles. The molecule has 0 aliphatic carbocycles. The number of hydrogen-bond acceptors (Lipinski definition) is 5. The molecule has 1 saturated heterocycles. The number of aromatic nitrogens is 2. The van der Waals surface area contributed by atoms with Crippen LogP contribution in [-0.2, 0) is 6.42 Å². The molecule has 0 atom stereocenters. The minimum atomic E-state index is -0.0565. The van der Waals surface area contributed by atoms with Crippen molar-refractivity contribution in [3.05, 3.63) is 45.9 Å². The molecule has 0 amide bonds. The number of likely N-dealkylation sites (N-methyl/N-ethyl adjacent to an activating group) is 1. The van der Waals surface area contributed by atoms with E-state index in [1.54, 1.807) is 11.8 Å². The second kappa shape index (κ2) is 8.43. The number of nitrogens with one attached hydrogen (secondary N) is 1. The first-order valence-corrected chi connectivity index (χ1v) is 9.51. The summed E-state index contributed by atoms with van der Waals surface area (Å²) >= 11 is 0. The van der Waals surface area contributed by atoms with E-state index in [-0.39, 0.29) is 5.56 Å². The van der Waals surface area contributed by atoms with Crippen LogP contribution in [0.2, 0.25) is 0 Å². The van der Waals surface area contributed by atoms with Gasteiger partial charge in [-0.25, -0.2) is 4.68 Å². The van der Waals surface area contributed by atoms with E-state index in [0.29, 0.717) is 5.56 Å². The summed E-state index contributed by atoms with van der Waals surface area (Å²) in [5, 5.41) is 10.1. The Balaban J connectivity index is 1.96. The molecule has 0 unspecified atom stereocenters. The third kappa shape index (κ3) is 4.24. The highest BCUT2D eigenvalue weighted by Crippen LogP contribution is 2.15. The number of aryl methyl sites for hydroxylation is 1. The van der Waals surface area contributed by atoms with E-state index in [0.717, 1.165) is 61.9 Å². The van der Waals surface area contributed by atoms with E-state index in [9.17, 15) is 4.79 Å². The molecule has 27 heavy (non-hydrogen) atoms. The largest absolute Gasteiger partial charge is 0.497 e. The van der Waals surface area contributed by atoms with Gasteiger partial charge in [0.2, 0.25) is 0 Å². The zero-order valence-electron chi connectivity index (χ0n) is 16.7. The van der Waals surface area contributed by atoms with Gasteiger partial charge in [0.1, 0.15) is 5.75 Å². The van der Waals surface area contributed by atoms with Crippen molar-refractivity contribution in [1.29, 1.82) is 0 Å². The van der Waals surface area contributed by atoms with Crippen LogP contribution in [0.25, 0.3) is 5.69 Å². The topological polar surface area (TPSA) is 65.9 Å². The van der Waals surface area contributed by atoms with Crippen LogP contribution >= 0.6 is 0 Å². The van der Waals surface area contributed by atoms with Crippen LogP contribution in [0.4, 0.5) is 0 Å². The molecule has 0 saturated carbocycles. The van der Waals surface area contributed by atoms with E-state index >= 15 is 0 Å². The Morgan fingerprint density at radius 3 is 2.44 bits per heavy atom. The molecule has 1 aliphatic rings. The summed E-state index contributed by atoms with van der Waals surface area (Å²) in [4.78, 5) is 15.4. The third-order valence-corrected chi connectivity index (χ3v) is 4.93. The molecular weight excluding hydrogens is 342 g/mol. The molecule has 7 heteroatoms. The molecule has 2 heterocycles. The number of hydrazone groups is 1. The highest BCUT2D eigenvalue weighted by molar-refractivity contribution is 5.99. The zero-order chi connectivity index (χ0) is 19.4. The quantitative estimate of drug-likeness (QED) is 0.790. The van der Waals surface area contributed by atoms with Crippen LogP contribution in [0.1, 0.15) is 31.5 Å². The van der Waals surface area contributed by atoms with Gasteiger partial charge in [-0.3, -0.25) is 14.9 Å². The molecule has 146 valence electrons. The van der Waals surface area contributed by atoms with Crippen molar-refractivity contribution in [2.45, 2.75) is 26.7 Å². The molecule has 0 radical (unpaired) electrons. The summed E-state index contributed by atoms with van der Waals surface area (Å²) in [6.45, 7) is 7.78. The van der Waals surface area contributed by atoms with E-state index in [1.807, 2.05) is 31.2 Å². The Morgan fingerprint density at radius 1 is 1.19 bits per heavy atom. The summed E-state index contributed by atoms with van der Waals surface area (Å²) in [5.41, 5.74) is 3.13. The molecule has 2 aromatic rings. The summed E-state index contributed by atoms with van der Waals surface area (Å²) in [7, 11) is 3.75. The second-order valence-electron chi connectivity index (χ2n) is 7.00. The van der Waals surface area contributed by atoms with Crippen LogP contribution in [0.3, 0.4) is 0 Å². The van der Waals surface area contributed by atoms with Crippen LogP contribution in [-0.4, -0.2) is 65.7 Å². The maximum absolute atomic E-state index is 13.1. The van der Waals surface area contributed by atoms with Gasteiger partial charge in [-0.1, -0.05) is 13.3 Å². The molecular formula is C20H29N5O2. The van der Waals surface area contributed by atoms with Gasteiger partial charge >= 0.3 is 0 Å². The first-order chi connectivity index (χ1) is 13.0. The number of ether oxygens (including phenoxy) is 1. The van der Waals surface area contributed by atoms with Gasteiger partial charge < -0.3 is 9.64 Å². The highest BCUT2D eigenvalue weighted by Gasteiger charge is 2.19. The van der Waals surface area contributed by atoms with Crippen molar-refractivity contribution in [2.75, 3.05) is 40.3 Å². The van der Waals surface area contributed by atoms with Crippen LogP contribution in [0.5, 0.6) is 5.75 Å². The monoisotopic (exact) mass is 371 g/mol. The SMILES string of the molecule is CCCc1[nH]n(-c2ccc(OC)cc2)c(=O)c1/C(C)=N/N1CCN(C)CC1. The molecule has 1 N–H and O–H groups in total. The molecule has 0 spiro atoms. The van der Waals surface area contributed by atoms with E-state index in [4.69, 9.17) is 9.84 Å². The number of methoxy groups -OCH3 is 1. The molecule has 3 rings (SSSR count). The average Bonchev–Trinajstić information content (AvgIpc) is 3.00. The fourth-order valence-electron chi connectivity index (χ4n) is 3.36. The Bertz CT molecular complexity index is 842. The number of benzene rings is 1. The van der Waals surface area contributed by atoms with E-state index in [2.05, 4.69) is 29.0 Å². The van der Waals surface area contributed by atoms with Crippen molar-refractivity contribution >= 4 is 5.71 Å². The first kappa shape index (κ1) is 19.2. The van der Waals surface area contributed by atoms with Gasteiger partial charge in [-0.2, -0.15) is 5.10 Å². The lowest BCUT2D eigenvalue weighted by Gasteiger charge is -2.30. The van der Waals surface area contributed by atoms with Gasteiger partial charge in [0, 0.05) is 31.9 Å². The fraction of sp³-hybridized carbons (Fsp3) is 0.500. The van der Waals surface area contributed by atoms with Gasteiger partial charge in [-0.15, -0.1) is 0 Å². The first-order valence-electron chi connectivity index (χ1n) is 9.51. The predicted molar refractivity (Wildman–Crippen MR) is 108 cm³/mol. The van der Waals surface area contributed by atoms with Crippen molar-refractivity contribution < 1.29 is 4.74 Å². The van der Waals surface area contributed by atoms with E-state index < -0.39 is 0 Å². The van der Waals surface area contributed by atoms with Crippen molar-refractivity contribution in [3.8, 4) is 11.4 Å². The molecule has 1 aromatic heterocycles. The lowest BCUT2D eigenvalue weighted by atomic mass is 10.1. The number of H-pyrrole nitrogens is 1. The van der Waals surface area contributed by atoms with Crippen LogP contribution in [0.15, 0.2) is 34.2 Å². The Morgan fingerprint density at radius 2 is 1.85 bits per heavy atom. The predicted octanol–water partition coefficient (Wildman–Crippen LogP) is 2.10. The number of nitrogens with zero attached hydrogens (tertiary/aromatic N) is 4. The Kier molecular flexibility index (Phi) is 6.01. The number of piperazine rings is 1. The molecule has 7 nitrogen and oxygen atoms in total. The summed E-state index contributed by atoms with van der Waals surface area (Å²) < 4.78 is 6.81. The smallest absolute Gasteiger partial charge is 0.280 e. The summed E-state index contributed by atoms with van der Waals surface area (Å²) in [5.74, 6) is 0.764. The lowest BCUT2D eigenvalue weighted by Crippen LogP contribution is -2.42. The van der Waals surface area contributed by atoms with Gasteiger partial charge in [0.05, 0.1) is 24.1 Å². The fourth-order valence-corrected chi connectivity index (χ4v) is 3.36. The summed E-state index contributed by atoms with van der Waals surface area (Å²) in [6.07, 6.45) is 1.76. The molecule has 1 fully saturated rings. The van der Waals surface area contributed by atoms with Gasteiger partial charge in [0.25, 0.3) is 5.56 Å². The van der Waals surface area contributed by atoms with Crippen LogP contribution in [0, 0.1) is 0 Å². The summed E-state index contributed by atoms with van der Waals surface area (Å²) in [6, 6.07) is 7.46.